The van der Waals surface area contributed by atoms with E-state index in [2.05, 4.69) is 24.1 Å². The molecule has 3 rings (SSSR count). The number of nitrogens with zero attached hydrogens (tertiary/aromatic N) is 2. The van der Waals surface area contributed by atoms with Gasteiger partial charge in [0.1, 0.15) is 0 Å². The quantitative estimate of drug-likeness (QED) is 0.639. The molecule has 1 aromatic carbocycles. The molecule has 4 nitrogen and oxygen atoms in total. The Morgan fingerprint density at radius 1 is 1.28 bits per heavy atom. The summed E-state index contributed by atoms with van der Waals surface area (Å²) in [6, 6.07) is 7.71. The molecule has 1 unspecified atom stereocenters. The first-order chi connectivity index (χ1) is 12.0. The van der Waals surface area contributed by atoms with Gasteiger partial charge in [0.15, 0.2) is 4.96 Å². The number of benzene rings is 1. The molecule has 0 aliphatic heterocycles. The number of halogens is 1. The third-order valence-electron chi connectivity index (χ3n) is 4.13. The zero-order valence-electron chi connectivity index (χ0n) is 14.4. The largest absolute Gasteiger partial charge is 0.349 e. The van der Waals surface area contributed by atoms with Gasteiger partial charge in [-0.3, -0.25) is 9.20 Å². The zero-order chi connectivity index (χ0) is 17.8. The third kappa shape index (κ3) is 4.83. The van der Waals surface area contributed by atoms with Crippen LogP contribution in [0.5, 0.6) is 0 Å². The molecule has 25 heavy (non-hydrogen) atoms. The predicted octanol–water partition coefficient (Wildman–Crippen LogP) is 4.89. The van der Waals surface area contributed by atoms with Crippen LogP contribution in [0.2, 0.25) is 5.02 Å². The Morgan fingerprint density at radius 3 is 2.72 bits per heavy atom. The predicted molar refractivity (Wildman–Crippen MR) is 103 cm³/mol. The highest BCUT2D eigenvalue weighted by Crippen LogP contribution is 2.23. The first kappa shape index (κ1) is 18.0. The van der Waals surface area contributed by atoms with Crippen LogP contribution in [0.3, 0.4) is 0 Å². The van der Waals surface area contributed by atoms with Gasteiger partial charge in [0, 0.05) is 22.8 Å². The smallest absolute Gasteiger partial charge is 0.226 e. The van der Waals surface area contributed by atoms with Crippen LogP contribution in [0.15, 0.2) is 42.0 Å². The fraction of sp³-hybridized carbons (Fsp3) is 0.368. The van der Waals surface area contributed by atoms with Gasteiger partial charge in [0.25, 0.3) is 0 Å². The second kappa shape index (κ2) is 8.02. The lowest BCUT2D eigenvalue weighted by Gasteiger charge is -2.20. The SMILES string of the molecule is CC(C)CCC(NC(=O)Cc1cn2ccsc2n1)c1ccc(Cl)cc1. The molecule has 3 aromatic rings. The summed E-state index contributed by atoms with van der Waals surface area (Å²) < 4.78 is 1.95. The highest BCUT2D eigenvalue weighted by Gasteiger charge is 2.16. The molecule has 1 amide bonds. The van der Waals surface area contributed by atoms with Crippen molar-refractivity contribution in [2.24, 2.45) is 5.92 Å². The summed E-state index contributed by atoms with van der Waals surface area (Å²) in [5, 5.41) is 5.85. The zero-order valence-corrected chi connectivity index (χ0v) is 16.0. The number of amides is 1. The molecule has 0 radical (unpaired) electrons. The van der Waals surface area contributed by atoms with Gasteiger partial charge in [-0.1, -0.05) is 37.6 Å². The fourth-order valence-corrected chi connectivity index (χ4v) is 3.63. The van der Waals surface area contributed by atoms with Gasteiger partial charge in [-0.15, -0.1) is 11.3 Å². The average molecular weight is 376 g/mol. The lowest BCUT2D eigenvalue weighted by molar-refractivity contribution is -0.121. The number of nitrogens with one attached hydrogen (secondary N) is 1. The molecule has 0 aliphatic carbocycles. The fourth-order valence-electron chi connectivity index (χ4n) is 2.79. The van der Waals surface area contributed by atoms with Crippen LogP contribution in [0.25, 0.3) is 4.96 Å². The molecule has 2 aromatic heterocycles. The van der Waals surface area contributed by atoms with Crippen LogP contribution in [-0.4, -0.2) is 15.3 Å². The Balaban J connectivity index is 1.68. The van der Waals surface area contributed by atoms with Gasteiger partial charge in [0.05, 0.1) is 18.2 Å². The van der Waals surface area contributed by atoms with Crippen LogP contribution >= 0.6 is 22.9 Å². The maximum Gasteiger partial charge on any atom is 0.226 e. The van der Waals surface area contributed by atoms with Crippen molar-refractivity contribution in [2.75, 3.05) is 0 Å². The van der Waals surface area contributed by atoms with E-state index in [1.165, 1.54) is 0 Å². The van der Waals surface area contributed by atoms with Crippen molar-refractivity contribution in [1.82, 2.24) is 14.7 Å². The van der Waals surface area contributed by atoms with Gasteiger partial charge in [-0.05, 0) is 36.5 Å². The summed E-state index contributed by atoms with van der Waals surface area (Å²) >= 11 is 7.55. The van der Waals surface area contributed by atoms with Crippen molar-refractivity contribution in [1.29, 1.82) is 0 Å². The number of rotatable bonds is 7. The van der Waals surface area contributed by atoms with Crippen LogP contribution in [0, 0.1) is 5.92 Å². The number of thiazole rings is 1. The van der Waals surface area contributed by atoms with Crippen LogP contribution < -0.4 is 5.32 Å². The standard InChI is InChI=1S/C19H22ClN3OS/c1-13(2)3-8-17(14-4-6-15(20)7-5-14)22-18(24)11-16-12-23-9-10-25-19(23)21-16/h4-7,9-10,12-13,17H,3,8,11H2,1-2H3,(H,22,24). The number of aromatic nitrogens is 2. The summed E-state index contributed by atoms with van der Waals surface area (Å²) in [5.74, 6) is 0.584. The minimum atomic E-state index is -0.00513. The van der Waals surface area contributed by atoms with Crippen molar-refractivity contribution in [2.45, 2.75) is 39.2 Å². The summed E-state index contributed by atoms with van der Waals surface area (Å²) in [6.07, 6.45) is 6.11. The Labute approximate surface area is 156 Å². The van der Waals surface area contributed by atoms with E-state index in [-0.39, 0.29) is 11.9 Å². The van der Waals surface area contributed by atoms with Gasteiger partial charge in [-0.25, -0.2) is 4.98 Å². The number of fused-ring (bicyclic) bond motifs is 1. The number of hydrogen-bond donors (Lipinski definition) is 1. The summed E-state index contributed by atoms with van der Waals surface area (Å²) in [4.78, 5) is 17.9. The van der Waals surface area contributed by atoms with E-state index < -0.39 is 0 Å². The highest BCUT2D eigenvalue weighted by molar-refractivity contribution is 7.15. The highest BCUT2D eigenvalue weighted by atomic mass is 35.5. The summed E-state index contributed by atoms with van der Waals surface area (Å²) in [7, 11) is 0. The molecule has 0 bridgehead atoms. The number of imidazole rings is 1. The molecular formula is C19H22ClN3OS. The first-order valence-electron chi connectivity index (χ1n) is 8.47. The van der Waals surface area contributed by atoms with Gasteiger partial charge in [-0.2, -0.15) is 0 Å². The molecule has 0 saturated heterocycles. The average Bonchev–Trinajstić information content (AvgIpc) is 3.13. The van der Waals surface area contributed by atoms with Crippen molar-refractivity contribution in [3.8, 4) is 0 Å². The maximum atomic E-state index is 12.5. The maximum absolute atomic E-state index is 12.5. The van der Waals surface area contributed by atoms with Gasteiger partial charge >= 0.3 is 0 Å². The van der Waals surface area contributed by atoms with Crippen LogP contribution in [-0.2, 0) is 11.2 Å². The van der Waals surface area contributed by atoms with Crippen molar-refractivity contribution < 1.29 is 4.79 Å². The Hall–Kier alpha value is -1.85. The van der Waals surface area contributed by atoms with Crippen LogP contribution in [0.4, 0.5) is 0 Å². The third-order valence-corrected chi connectivity index (χ3v) is 5.15. The second-order valence-electron chi connectivity index (χ2n) is 6.64. The lowest BCUT2D eigenvalue weighted by Crippen LogP contribution is -2.30. The van der Waals surface area contributed by atoms with E-state index >= 15 is 0 Å². The molecule has 0 spiro atoms. The minimum absolute atomic E-state index is 0.00380. The van der Waals surface area contributed by atoms with E-state index in [4.69, 9.17) is 11.6 Å². The van der Waals surface area contributed by atoms with Gasteiger partial charge < -0.3 is 5.32 Å². The molecule has 1 N–H and O–H groups in total. The number of hydrogen-bond acceptors (Lipinski definition) is 3. The normalized spacial score (nSPS) is 12.6. The van der Waals surface area contributed by atoms with E-state index in [0.717, 1.165) is 29.1 Å². The molecule has 0 aliphatic rings. The molecule has 1 atom stereocenters. The Bertz CT molecular complexity index is 809. The molecule has 0 saturated carbocycles. The monoisotopic (exact) mass is 375 g/mol. The molecule has 6 heteroatoms. The second-order valence-corrected chi connectivity index (χ2v) is 7.95. The number of carbonyl (C=O) groups is 1. The van der Waals surface area contributed by atoms with Gasteiger partial charge in [0.2, 0.25) is 5.91 Å². The van der Waals surface area contributed by atoms with Crippen molar-refractivity contribution >= 4 is 33.8 Å². The first-order valence-corrected chi connectivity index (χ1v) is 9.73. The molecule has 132 valence electrons. The summed E-state index contributed by atoms with van der Waals surface area (Å²) in [5.41, 5.74) is 1.88. The van der Waals surface area contributed by atoms with Crippen molar-refractivity contribution in [3.63, 3.8) is 0 Å². The Morgan fingerprint density at radius 2 is 2.04 bits per heavy atom. The van der Waals surface area contributed by atoms with Crippen LogP contribution in [0.1, 0.15) is 44.0 Å². The molecule has 2 heterocycles. The Kier molecular flexibility index (Phi) is 5.76. The number of carbonyl (C=O) groups excluding carboxylic acids is 1. The molecular weight excluding hydrogens is 354 g/mol. The van der Waals surface area contributed by atoms with Crippen molar-refractivity contribution in [3.05, 3.63) is 58.3 Å². The van der Waals surface area contributed by atoms with E-state index in [1.54, 1.807) is 11.3 Å². The van der Waals surface area contributed by atoms with E-state index in [1.807, 2.05) is 46.4 Å². The molecule has 0 fully saturated rings. The summed E-state index contributed by atoms with van der Waals surface area (Å²) in [6.45, 7) is 4.39. The van der Waals surface area contributed by atoms with E-state index in [0.29, 0.717) is 17.4 Å². The van der Waals surface area contributed by atoms with E-state index in [9.17, 15) is 4.79 Å². The lowest BCUT2D eigenvalue weighted by atomic mass is 9.97. The topological polar surface area (TPSA) is 46.4 Å². The minimum Gasteiger partial charge on any atom is -0.349 e.